The first kappa shape index (κ1) is 26.2. The van der Waals surface area contributed by atoms with Crippen LogP contribution in [0.2, 0.25) is 0 Å². The number of nitrogens with zero attached hydrogens (tertiary/aromatic N) is 2. The first-order valence-corrected chi connectivity index (χ1v) is 12.7. The molecule has 2 aromatic heterocycles. The minimum absolute atomic E-state index is 0.00729. The number of likely N-dealkylation sites (tertiary alicyclic amines) is 1. The van der Waals surface area contributed by atoms with Gasteiger partial charge in [0.25, 0.3) is 0 Å². The lowest BCUT2D eigenvalue weighted by atomic mass is 9.80. The number of hydrogen-bond donors (Lipinski definition) is 1. The van der Waals surface area contributed by atoms with E-state index in [2.05, 4.69) is 10.3 Å². The molecule has 1 atom stereocenters. The average Bonchev–Trinajstić information content (AvgIpc) is 3.46. The van der Waals surface area contributed by atoms with Crippen LogP contribution in [0.1, 0.15) is 42.8 Å². The van der Waals surface area contributed by atoms with Gasteiger partial charge in [0, 0.05) is 34.5 Å². The number of thiophene rings is 1. The highest BCUT2D eigenvalue weighted by atomic mass is 32.1. The second-order valence-corrected chi connectivity index (χ2v) is 10.9. The Morgan fingerprint density at radius 3 is 2.56 bits per heavy atom. The second-order valence-electron chi connectivity index (χ2n) is 9.80. The Hall–Kier alpha value is -2.91. The molecule has 36 heavy (non-hydrogen) atoms. The molecule has 1 aromatic carbocycles. The smallest absolute Gasteiger partial charge is 0.383 e. The van der Waals surface area contributed by atoms with Crippen LogP contribution in [0.3, 0.4) is 0 Å². The number of pyridine rings is 1. The molecule has 1 saturated heterocycles. The Morgan fingerprint density at radius 2 is 1.92 bits per heavy atom. The highest BCUT2D eigenvalue weighted by Crippen LogP contribution is 2.51. The van der Waals surface area contributed by atoms with Gasteiger partial charge in [-0.3, -0.25) is 15.2 Å². The maximum absolute atomic E-state index is 15.9. The number of amides is 1. The van der Waals surface area contributed by atoms with E-state index in [0.717, 1.165) is 22.6 Å². The lowest BCUT2D eigenvalue weighted by molar-refractivity contribution is -0.272. The Kier molecular flexibility index (Phi) is 7.43. The van der Waals surface area contributed by atoms with Gasteiger partial charge in [-0.1, -0.05) is 24.3 Å². The maximum atomic E-state index is 15.9. The molecule has 1 unspecified atom stereocenters. The number of aryl methyl sites for hydroxylation is 2. The molecule has 9 heteroatoms. The normalized spacial score (nSPS) is 18.8. The predicted octanol–water partition coefficient (Wildman–Crippen LogP) is 6.99. The van der Waals surface area contributed by atoms with Gasteiger partial charge in [-0.25, -0.2) is 4.79 Å². The summed E-state index contributed by atoms with van der Waals surface area (Å²) in [4.78, 5) is 19.5. The van der Waals surface area contributed by atoms with Crippen LogP contribution in [0, 0.1) is 17.5 Å². The van der Waals surface area contributed by atoms with Gasteiger partial charge < -0.3 is 4.74 Å². The van der Waals surface area contributed by atoms with Gasteiger partial charge in [0.1, 0.15) is 0 Å². The molecule has 5 nitrogen and oxygen atoms in total. The van der Waals surface area contributed by atoms with Gasteiger partial charge in [-0.2, -0.15) is 13.2 Å². The van der Waals surface area contributed by atoms with E-state index in [-0.39, 0.29) is 30.9 Å². The fraction of sp³-hybridized carbons (Fsp3) is 0.407. The molecule has 1 fully saturated rings. The highest BCUT2D eigenvalue weighted by Gasteiger charge is 2.61. The van der Waals surface area contributed by atoms with Gasteiger partial charge in [-0.05, 0) is 82.5 Å². The number of ether oxygens (including phenoxy) is 1. The van der Waals surface area contributed by atoms with Gasteiger partial charge in [0.05, 0.1) is 5.41 Å². The standard InChI is InChI=1S/C27H30F3N3O2S/c1-19-9-10-20(17-31-19)25(2,3)33-16-15-26(18-33,14-13-22-11-12-23(28)36-22)27(29,30)35-24(34)32-21-7-5-4-6-8-21/h4-12,17H,13-16,18H2,1-3H3,(H,32,34). The molecule has 0 radical (unpaired) electrons. The van der Waals surface area contributed by atoms with Crippen LogP contribution in [0.15, 0.2) is 60.8 Å². The van der Waals surface area contributed by atoms with E-state index in [4.69, 9.17) is 4.74 Å². The number of carbonyl (C=O) groups is 1. The summed E-state index contributed by atoms with van der Waals surface area (Å²) in [6, 6.07) is 15.1. The zero-order valence-corrected chi connectivity index (χ0v) is 21.4. The number of benzene rings is 1. The number of aromatic nitrogens is 1. The number of carbonyl (C=O) groups excluding carboxylic acids is 1. The van der Waals surface area contributed by atoms with E-state index < -0.39 is 23.2 Å². The maximum Gasteiger partial charge on any atom is 0.416 e. The van der Waals surface area contributed by atoms with E-state index >= 15 is 8.78 Å². The largest absolute Gasteiger partial charge is 0.416 e. The van der Waals surface area contributed by atoms with E-state index in [1.54, 1.807) is 42.6 Å². The molecule has 1 N–H and O–H groups in total. The number of anilines is 1. The summed E-state index contributed by atoms with van der Waals surface area (Å²) in [7, 11) is 0. The third-order valence-corrected chi connectivity index (χ3v) is 8.03. The summed E-state index contributed by atoms with van der Waals surface area (Å²) < 4.78 is 50.1. The van der Waals surface area contributed by atoms with Crippen molar-refractivity contribution in [3.8, 4) is 0 Å². The van der Waals surface area contributed by atoms with Crippen LogP contribution in [-0.4, -0.2) is 35.2 Å². The van der Waals surface area contributed by atoms with Crippen LogP contribution in [0.5, 0.6) is 0 Å². The third-order valence-electron chi connectivity index (χ3n) is 7.10. The van der Waals surface area contributed by atoms with Crippen LogP contribution < -0.4 is 5.32 Å². The molecule has 3 aromatic rings. The lowest BCUT2D eigenvalue weighted by Crippen LogP contribution is -2.49. The Bertz CT molecular complexity index is 1180. The van der Waals surface area contributed by atoms with Gasteiger partial charge in [-0.15, -0.1) is 11.3 Å². The fourth-order valence-corrected chi connectivity index (χ4v) is 5.41. The zero-order chi connectivity index (χ0) is 26.0. The van der Waals surface area contributed by atoms with Gasteiger partial charge in [0.2, 0.25) is 0 Å². The van der Waals surface area contributed by atoms with Gasteiger partial charge in [0.15, 0.2) is 5.13 Å². The van der Waals surface area contributed by atoms with Crippen molar-refractivity contribution in [2.75, 3.05) is 18.4 Å². The summed E-state index contributed by atoms with van der Waals surface area (Å²) in [6.07, 6.45) is -2.78. The topological polar surface area (TPSA) is 54.5 Å². The summed E-state index contributed by atoms with van der Waals surface area (Å²) >= 11 is 0.947. The molecular weight excluding hydrogens is 487 g/mol. The molecule has 3 heterocycles. The summed E-state index contributed by atoms with van der Waals surface area (Å²) in [5.41, 5.74) is -0.0628. The molecule has 1 amide bonds. The number of halogens is 3. The fourth-order valence-electron chi connectivity index (χ4n) is 4.69. The first-order valence-electron chi connectivity index (χ1n) is 11.9. The number of rotatable bonds is 8. The van der Waals surface area contributed by atoms with Crippen LogP contribution >= 0.6 is 11.3 Å². The van der Waals surface area contributed by atoms with Crippen LogP contribution in [0.25, 0.3) is 0 Å². The van der Waals surface area contributed by atoms with Gasteiger partial charge >= 0.3 is 12.2 Å². The van der Waals surface area contributed by atoms with Crippen molar-refractivity contribution >= 4 is 23.1 Å². The molecule has 1 aliphatic rings. The average molecular weight is 518 g/mol. The predicted molar refractivity (Wildman–Crippen MR) is 135 cm³/mol. The van der Waals surface area contributed by atoms with Crippen molar-refractivity contribution in [1.82, 2.24) is 9.88 Å². The third kappa shape index (κ3) is 5.57. The Morgan fingerprint density at radius 1 is 1.17 bits per heavy atom. The van der Waals surface area contributed by atoms with Crippen molar-refractivity contribution in [2.24, 2.45) is 5.41 Å². The number of alkyl halides is 2. The van der Waals surface area contributed by atoms with Crippen LogP contribution in [-0.2, 0) is 16.7 Å². The number of nitrogens with one attached hydrogen (secondary N) is 1. The lowest BCUT2D eigenvalue weighted by Gasteiger charge is -2.40. The van der Waals surface area contributed by atoms with Crippen molar-refractivity contribution < 1.29 is 22.7 Å². The molecule has 0 bridgehead atoms. The SMILES string of the molecule is Cc1ccc(C(C)(C)N2CCC(CCc3ccc(F)s3)(C(F)(F)OC(=O)Nc3ccccc3)C2)cn1. The summed E-state index contributed by atoms with van der Waals surface area (Å²) in [5.74, 6) is 0. The van der Waals surface area contributed by atoms with Crippen molar-refractivity contribution in [3.63, 3.8) is 0 Å². The Labute approximate surface area is 213 Å². The molecule has 4 rings (SSSR count). The van der Waals surface area contributed by atoms with E-state index in [1.807, 2.05) is 37.8 Å². The van der Waals surface area contributed by atoms with Crippen LogP contribution in [0.4, 0.5) is 23.7 Å². The number of hydrogen-bond acceptors (Lipinski definition) is 5. The molecule has 192 valence electrons. The van der Waals surface area contributed by atoms with Crippen molar-refractivity contribution in [1.29, 1.82) is 0 Å². The van der Waals surface area contributed by atoms with E-state index in [0.29, 0.717) is 17.1 Å². The minimum atomic E-state index is -3.75. The summed E-state index contributed by atoms with van der Waals surface area (Å²) in [5, 5.41) is 2.02. The monoisotopic (exact) mass is 517 g/mol. The molecule has 1 aliphatic heterocycles. The van der Waals surface area contributed by atoms with Crippen molar-refractivity contribution in [3.05, 3.63) is 82.1 Å². The first-order chi connectivity index (χ1) is 17.0. The molecule has 0 spiro atoms. The zero-order valence-electron chi connectivity index (χ0n) is 20.6. The summed E-state index contributed by atoms with van der Waals surface area (Å²) in [6.45, 7) is 6.24. The Balaban J connectivity index is 1.57. The van der Waals surface area contributed by atoms with E-state index in [9.17, 15) is 9.18 Å². The molecular formula is C27H30F3N3O2S. The molecule has 0 saturated carbocycles. The number of para-hydroxylation sites is 1. The van der Waals surface area contributed by atoms with Crippen molar-refractivity contribution in [2.45, 2.75) is 51.7 Å². The minimum Gasteiger partial charge on any atom is -0.383 e. The second kappa shape index (κ2) is 10.2. The molecule has 0 aliphatic carbocycles. The highest BCUT2D eigenvalue weighted by molar-refractivity contribution is 7.10. The quantitative estimate of drug-likeness (QED) is 0.350. The van der Waals surface area contributed by atoms with E-state index in [1.165, 1.54) is 6.07 Å².